The third-order valence-electron chi connectivity index (χ3n) is 2.73. The van der Waals surface area contributed by atoms with Crippen LogP contribution in [0, 0.1) is 11.3 Å². The first-order chi connectivity index (χ1) is 9.10. The van der Waals surface area contributed by atoms with E-state index in [1.165, 1.54) is 4.88 Å². The fourth-order valence-electron chi connectivity index (χ4n) is 1.79. The van der Waals surface area contributed by atoms with Crippen molar-refractivity contribution in [2.75, 3.05) is 4.90 Å². The lowest BCUT2D eigenvalue weighted by molar-refractivity contribution is 0.677. The molecule has 0 saturated carbocycles. The first-order valence-corrected chi connectivity index (χ1v) is 7.22. The van der Waals surface area contributed by atoms with Crippen molar-refractivity contribution in [3.63, 3.8) is 0 Å². The summed E-state index contributed by atoms with van der Waals surface area (Å²) in [5.74, 6) is 0.743. The molecule has 0 N–H and O–H groups in total. The minimum Gasteiger partial charge on any atom is -0.349 e. The molecule has 0 atom stereocenters. The summed E-state index contributed by atoms with van der Waals surface area (Å²) in [6.07, 6.45) is 0. The van der Waals surface area contributed by atoms with E-state index in [2.05, 4.69) is 41.2 Å². The van der Waals surface area contributed by atoms with Crippen molar-refractivity contribution in [1.29, 1.82) is 5.26 Å². The number of anilines is 1. The summed E-state index contributed by atoms with van der Waals surface area (Å²) in [7, 11) is 0. The third-order valence-corrected chi connectivity index (χ3v) is 3.79. The molecule has 2 rings (SSSR count). The molecule has 3 nitrogen and oxygen atoms in total. The van der Waals surface area contributed by atoms with Gasteiger partial charge in [0, 0.05) is 10.9 Å². The summed E-state index contributed by atoms with van der Waals surface area (Å²) in [6, 6.07) is 9.87. The number of nitriles is 1. The first kappa shape index (κ1) is 13.9. The van der Waals surface area contributed by atoms with Crippen molar-refractivity contribution in [3.8, 4) is 6.07 Å². The van der Waals surface area contributed by atoms with E-state index in [-0.39, 0.29) is 6.04 Å². The average molecular weight is 292 g/mol. The van der Waals surface area contributed by atoms with Gasteiger partial charge in [-0.1, -0.05) is 17.7 Å². The molecule has 0 radical (unpaired) electrons. The number of nitrogens with zero attached hydrogens (tertiary/aromatic N) is 3. The SMILES string of the molecule is CC(C)N(Cc1cccs1)c1cc(C#N)cc(Cl)n1. The van der Waals surface area contributed by atoms with Crippen molar-refractivity contribution in [2.45, 2.75) is 26.4 Å². The van der Waals surface area contributed by atoms with Gasteiger partial charge in [-0.05, 0) is 37.4 Å². The van der Waals surface area contributed by atoms with Crippen molar-refractivity contribution < 1.29 is 0 Å². The van der Waals surface area contributed by atoms with Crippen molar-refractivity contribution in [2.24, 2.45) is 0 Å². The lowest BCUT2D eigenvalue weighted by Gasteiger charge is -2.27. The van der Waals surface area contributed by atoms with Crippen molar-refractivity contribution in [3.05, 3.63) is 45.2 Å². The van der Waals surface area contributed by atoms with Crippen LogP contribution in [0.2, 0.25) is 5.15 Å². The molecule has 0 saturated heterocycles. The third kappa shape index (κ3) is 3.46. The molecule has 0 aliphatic heterocycles. The molecule has 0 fully saturated rings. The molecule has 0 aromatic carbocycles. The van der Waals surface area contributed by atoms with Gasteiger partial charge in [-0.3, -0.25) is 0 Å². The minimum absolute atomic E-state index is 0.277. The second kappa shape index (κ2) is 6.05. The van der Waals surface area contributed by atoms with E-state index in [9.17, 15) is 0 Å². The number of hydrogen-bond donors (Lipinski definition) is 0. The van der Waals surface area contributed by atoms with Gasteiger partial charge in [0.25, 0.3) is 0 Å². The summed E-state index contributed by atoms with van der Waals surface area (Å²) in [6.45, 7) is 4.97. The topological polar surface area (TPSA) is 39.9 Å². The van der Waals surface area contributed by atoms with E-state index in [1.807, 2.05) is 6.07 Å². The van der Waals surface area contributed by atoms with Gasteiger partial charge >= 0.3 is 0 Å². The van der Waals surface area contributed by atoms with Crippen LogP contribution in [-0.4, -0.2) is 11.0 Å². The summed E-state index contributed by atoms with van der Waals surface area (Å²) < 4.78 is 0. The van der Waals surface area contributed by atoms with Gasteiger partial charge in [-0.15, -0.1) is 11.3 Å². The molecule has 0 spiro atoms. The molecule has 2 heterocycles. The zero-order valence-electron chi connectivity index (χ0n) is 10.8. The summed E-state index contributed by atoms with van der Waals surface area (Å²) >= 11 is 7.68. The van der Waals surface area contributed by atoms with Crippen LogP contribution in [0.3, 0.4) is 0 Å². The highest BCUT2D eigenvalue weighted by Gasteiger charge is 2.14. The van der Waals surface area contributed by atoms with Gasteiger partial charge in [-0.2, -0.15) is 5.26 Å². The Labute approximate surface area is 122 Å². The smallest absolute Gasteiger partial charge is 0.132 e. The van der Waals surface area contributed by atoms with E-state index in [4.69, 9.17) is 16.9 Å². The average Bonchev–Trinajstić information content (AvgIpc) is 2.87. The fourth-order valence-corrected chi connectivity index (χ4v) is 2.70. The van der Waals surface area contributed by atoms with Crippen LogP contribution in [-0.2, 0) is 6.54 Å². The number of aromatic nitrogens is 1. The Hall–Kier alpha value is -1.57. The Morgan fingerprint density at radius 1 is 1.47 bits per heavy atom. The highest BCUT2D eigenvalue weighted by molar-refractivity contribution is 7.09. The molecular weight excluding hydrogens is 278 g/mol. The Morgan fingerprint density at radius 3 is 2.84 bits per heavy atom. The van der Waals surface area contributed by atoms with Gasteiger partial charge < -0.3 is 4.90 Å². The molecule has 19 heavy (non-hydrogen) atoms. The van der Waals surface area contributed by atoms with Gasteiger partial charge in [-0.25, -0.2) is 4.98 Å². The number of rotatable bonds is 4. The predicted molar refractivity (Wildman–Crippen MR) is 79.6 cm³/mol. The normalized spacial score (nSPS) is 10.5. The second-order valence-corrected chi connectivity index (χ2v) is 5.87. The van der Waals surface area contributed by atoms with E-state index < -0.39 is 0 Å². The molecule has 0 aliphatic rings. The van der Waals surface area contributed by atoms with Gasteiger partial charge in [0.2, 0.25) is 0 Å². The van der Waals surface area contributed by atoms with Crippen LogP contribution >= 0.6 is 22.9 Å². The summed E-state index contributed by atoms with van der Waals surface area (Å²) in [5.41, 5.74) is 0.534. The Bertz CT molecular complexity index is 587. The largest absolute Gasteiger partial charge is 0.349 e. The molecule has 5 heteroatoms. The van der Waals surface area contributed by atoms with E-state index >= 15 is 0 Å². The second-order valence-electron chi connectivity index (χ2n) is 4.45. The first-order valence-electron chi connectivity index (χ1n) is 5.97. The van der Waals surface area contributed by atoms with Crippen LogP contribution in [0.15, 0.2) is 29.6 Å². The van der Waals surface area contributed by atoms with E-state index in [0.29, 0.717) is 10.7 Å². The molecule has 0 amide bonds. The Morgan fingerprint density at radius 2 is 2.26 bits per heavy atom. The van der Waals surface area contributed by atoms with Crippen LogP contribution in [0.1, 0.15) is 24.3 Å². The highest BCUT2D eigenvalue weighted by atomic mass is 35.5. The quantitative estimate of drug-likeness (QED) is 0.797. The maximum absolute atomic E-state index is 9.01. The number of hydrogen-bond acceptors (Lipinski definition) is 4. The number of halogens is 1. The van der Waals surface area contributed by atoms with Gasteiger partial charge in [0.15, 0.2) is 0 Å². The summed E-state index contributed by atoms with van der Waals surface area (Å²) in [4.78, 5) is 7.72. The van der Waals surface area contributed by atoms with E-state index in [1.54, 1.807) is 23.5 Å². The fraction of sp³-hybridized carbons (Fsp3) is 0.286. The summed E-state index contributed by atoms with van der Waals surface area (Å²) in [5, 5.41) is 11.4. The van der Waals surface area contributed by atoms with Crippen molar-refractivity contribution >= 4 is 28.8 Å². The molecule has 0 bridgehead atoms. The number of pyridine rings is 1. The van der Waals surface area contributed by atoms with Crippen LogP contribution in [0.5, 0.6) is 0 Å². The highest BCUT2D eigenvalue weighted by Crippen LogP contribution is 2.23. The molecule has 0 unspecified atom stereocenters. The van der Waals surface area contributed by atoms with Crippen LogP contribution < -0.4 is 4.90 Å². The Kier molecular flexibility index (Phi) is 4.41. The predicted octanol–water partition coefficient (Wildman–Crippen LogP) is 4.08. The molecular formula is C14H14ClN3S. The zero-order valence-corrected chi connectivity index (χ0v) is 12.4. The minimum atomic E-state index is 0.277. The van der Waals surface area contributed by atoms with Crippen LogP contribution in [0.4, 0.5) is 5.82 Å². The lowest BCUT2D eigenvalue weighted by atomic mass is 10.2. The van der Waals surface area contributed by atoms with Gasteiger partial charge in [0.05, 0.1) is 18.2 Å². The monoisotopic (exact) mass is 291 g/mol. The Balaban J connectivity index is 2.34. The van der Waals surface area contributed by atoms with Crippen molar-refractivity contribution in [1.82, 2.24) is 4.98 Å². The molecule has 0 aliphatic carbocycles. The van der Waals surface area contributed by atoms with Gasteiger partial charge in [0.1, 0.15) is 11.0 Å². The molecule has 2 aromatic heterocycles. The standard InChI is InChI=1S/C14H14ClN3S/c1-10(2)18(9-12-4-3-5-19-12)14-7-11(8-16)6-13(15)17-14/h3-7,10H,9H2,1-2H3. The number of thiophene rings is 1. The maximum Gasteiger partial charge on any atom is 0.132 e. The molecule has 98 valence electrons. The maximum atomic E-state index is 9.01. The van der Waals surface area contributed by atoms with E-state index in [0.717, 1.165) is 12.4 Å². The zero-order chi connectivity index (χ0) is 13.8. The molecule has 2 aromatic rings. The lowest BCUT2D eigenvalue weighted by Crippen LogP contribution is -2.30. The van der Waals surface area contributed by atoms with Crippen LogP contribution in [0.25, 0.3) is 0 Å².